The molecule has 1 atom stereocenters. The number of likely N-dealkylation sites (tertiary alicyclic amines) is 1. The molecule has 1 unspecified atom stereocenters. The Morgan fingerprint density at radius 2 is 2.00 bits per heavy atom. The van der Waals surface area contributed by atoms with Crippen molar-refractivity contribution in [1.82, 2.24) is 10.2 Å². The zero-order valence-corrected chi connectivity index (χ0v) is 12.4. The summed E-state index contributed by atoms with van der Waals surface area (Å²) >= 11 is 0. The highest BCUT2D eigenvalue weighted by Gasteiger charge is 2.16. The zero-order chi connectivity index (χ0) is 14.3. The number of nitrogens with zero attached hydrogens (tertiary/aromatic N) is 1. The fourth-order valence-corrected chi connectivity index (χ4v) is 2.81. The van der Waals surface area contributed by atoms with E-state index in [1.54, 1.807) is 0 Å². The van der Waals surface area contributed by atoms with E-state index in [0.29, 0.717) is 6.54 Å². The minimum atomic E-state index is -3.06. The van der Waals surface area contributed by atoms with Gasteiger partial charge in [-0.15, -0.1) is 0 Å². The molecular formula is C12H25N3O3S. The molecule has 0 aromatic heterocycles. The summed E-state index contributed by atoms with van der Waals surface area (Å²) in [5.41, 5.74) is 5.64. The van der Waals surface area contributed by atoms with Gasteiger partial charge in [0.25, 0.3) is 0 Å². The average Bonchev–Trinajstić information content (AvgIpc) is 2.83. The predicted molar refractivity (Wildman–Crippen MR) is 75.6 cm³/mol. The number of rotatable bonds is 8. The van der Waals surface area contributed by atoms with Crippen molar-refractivity contribution in [2.24, 2.45) is 5.73 Å². The van der Waals surface area contributed by atoms with E-state index in [1.807, 2.05) is 0 Å². The highest BCUT2D eigenvalue weighted by Crippen LogP contribution is 2.06. The third-order valence-electron chi connectivity index (χ3n) is 3.29. The quantitative estimate of drug-likeness (QED) is 0.580. The molecule has 112 valence electrons. The summed E-state index contributed by atoms with van der Waals surface area (Å²) in [7, 11) is -3.06. The van der Waals surface area contributed by atoms with Crippen LogP contribution in [0.1, 0.15) is 25.7 Å². The Morgan fingerprint density at radius 3 is 2.58 bits per heavy atom. The second-order valence-electron chi connectivity index (χ2n) is 5.22. The van der Waals surface area contributed by atoms with E-state index in [-0.39, 0.29) is 18.1 Å². The Morgan fingerprint density at radius 1 is 1.37 bits per heavy atom. The van der Waals surface area contributed by atoms with E-state index in [2.05, 4.69) is 10.2 Å². The number of hydrogen-bond acceptors (Lipinski definition) is 5. The van der Waals surface area contributed by atoms with Crippen LogP contribution in [-0.2, 0) is 14.6 Å². The zero-order valence-electron chi connectivity index (χ0n) is 11.6. The van der Waals surface area contributed by atoms with Crippen molar-refractivity contribution < 1.29 is 13.2 Å². The highest BCUT2D eigenvalue weighted by atomic mass is 32.2. The van der Waals surface area contributed by atoms with Gasteiger partial charge in [0, 0.05) is 12.8 Å². The molecule has 19 heavy (non-hydrogen) atoms. The molecule has 1 heterocycles. The number of carbonyl (C=O) groups is 1. The Balaban J connectivity index is 2.08. The molecular weight excluding hydrogens is 266 g/mol. The Labute approximate surface area is 115 Å². The van der Waals surface area contributed by atoms with Crippen LogP contribution < -0.4 is 11.1 Å². The molecule has 0 saturated carbocycles. The van der Waals surface area contributed by atoms with Gasteiger partial charge < -0.3 is 16.0 Å². The van der Waals surface area contributed by atoms with E-state index in [9.17, 15) is 13.2 Å². The van der Waals surface area contributed by atoms with Crippen molar-refractivity contribution in [2.75, 3.05) is 38.2 Å². The van der Waals surface area contributed by atoms with Crippen molar-refractivity contribution in [3.63, 3.8) is 0 Å². The first-order valence-electron chi connectivity index (χ1n) is 6.82. The fraction of sp³-hybridized carbons (Fsp3) is 0.917. The second-order valence-corrected chi connectivity index (χ2v) is 7.48. The molecule has 1 aliphatic rings. The van der Waals surface area contributed by atoms with Gasteiger partial charge in [0.1, 0.15) is 9.84 Å². The standard InChI is InChI=1S/C12H25N3O3S/c1-19(17,18)10-5-11(13)12(16)14-6-4-9-15-7-2-3-8-15/h11H,2-10,13H2,1H3,(H,14,16). The van der Waals surface area contributed by atoms with Crippen LogP contribution in [0.5, 0.6) is 0 Å². The van der Waals surface area contributed by atoms with Gasteiger partial charge in [-0.1, -0.05) is 0 Å². The summed E-state index contributed by atoms with van der Waals surface area (Å²) in [4.78, 5) is 14.0. The number of amides is 1. The summed E-state index contributed by atoms with van der Waals surface area (Å²) in [6, 6.07) is -0.735. The van der Waals surface area contributed by atoms with Crippen LogP contribution in [0.15, 0.2) is 0 Å². The average molecular weight is 291 g/mol. The minimum absolute atomic E-state index is 0.0463. The van der Waals surface area contributed by atoms with Gasteiger partial charge in [-0.3, -0.25) is 4.79 Å². The first-order chi connectivity index (χ1) is 8.88. The molecule has 0 aromatic carbocycles. The molecule has 0 spiro atoms. The monoisotopic (exact) mass is 291 g/mol. The van der Waals surface area contributed by atoms with Crippen LogP contribution in [0.3, 0.4) is 0 Å². The molecule has 1 saturated heterocycles. The highest BCUT2D eigenvalue weighted by molar-refractivity contribution is 7.90. The normalized spacial score (nSPS) is 18.4. The van der Waals surface area contributed by atoms with E-state index in [0.717, 1.165) is 32.3 Å². The van der Waals surface area contributed by atoms with E-state index < -0.39 is 15.9 Å². The SMILES string of the molecule is CS(=O)(=O)CCC(N)C(=O)NCCCN1CCCC1. The van der Waals surface area contributed by atoms with Gasteiger partial charge in [0.15, 0.2) is 0 Å². The molecule has 1 aliphatic heterocycles. The Hall–Kier alpha value is -0.660. The first kappa shape index (κ1) is 16.4. The third kappa shape index (κ3) is 7.49. The topological polar surface area (TPSA) is 92.5 Å². The van der Waals surface area contributed by atoms with E-state index in [4.69, 9.17) is 5.73 Å². The third-order valence-corrected chi connectivity index (χ3v) is 4.26. The molecule has 6 nitrogen and oxygen atoms in total. The lowest BCUT2D eigenvalue weighted by Crippen LogP contribution is -2.42. The Kier molecular flexibility index (Phi) is 6.74. The van der Waals surface area contributed by atoms with Crippen LogP contribution in [0.25, 0.3) is 0 Å². The molecule has 7 heteroatoms. The van der Waals surface area contributed by atoms with Crippen LogP contribution in [0, 0.1) is 0 Å². The minimum Gasteiger partial charge on any atom is -0.355 e. The maximum atomic E-state index is 11.6. The smallest absolute Gasteiger partial charge is 0.236 e. The van der Waals surface area contributed by atoms with Gasteiger partial charge in [0.05, 0.1) is 11.8 Å². The van der Waals surface area contributed by atoms with E-state index >= 15 is 0 Å². The van der Waals surface area contributed by atoms with Gasteiger partial charge in [0.2, 0.25) is 5.91 Å². The summed E-state index contributed by atoms with van der Waals surface area (Å²) in [6.07, 6.45) is 4.76. The van der Waals surface area contributed by atoms with Crippen LogP contribution >= 0.6 is 0 Å². The number of sulfone groups is 1. The maximum Gasteiger partial charge on any atom is 0.236 e. The number of carbonyl (C=O) groups excluding carboxylic acids is 1. The summed E-state index contributed by atoms with van der Waals surface area (Å²) in [5, 5.41) is 2.76. The van der Waals surface area contributed by atoms with Crippen LogP contribution in [0.4, 0.5) is 0 Å². The van der Waals surface area contributed by atoms with Crippen molar-refractivity contribution in [3.05, 3.63) is 0 Å². The first-order valence-corrected chi connectivity index (χ1v) is 8.88. The van der Waals surface area contributed by atoms with Gasteiger partial charge in [-0.2, -0.15) is 0 Å². The van der Waals surface area contributed by atoms with Crippen LogP contribution in [0.2, 0.25) is 0 Å². The molecule has 0 radical (unpaired) electrons. The van der Waals surface area contributed by atoms with Crippen molar-refractivity contribution in [2.45, 2.75) is 31.7 Å². The second kappa shape index (κ2) is 7.81. The summed E-state index contributed by atoms with van der Waals surface area (Å²) < 4.78 is 21.9. The largest absolute Gasteiger partial charge is 0.355 e. The molecule has 1 fully saturated rings. The summed E-state index contributed by atoms with van der Waals surface area (Å²) in [5.74, 6) is -0.305. The Bertz CT molecular complexity index is 378. The fourth-order valence-electron chi connectivity index (χ4n) is 2.12. The number of hydrogen-bond donors (Lipinski definition) is 2. The van der Waals surface area contributed by atoms with Gasteiger partial charge in [-0.05, 0) is 45.3 Å². The molecule has 0 bridgehead atoms. The van der Waals surface area contributed by atoms with E-state index in [1.165, 1.54) is 12.8 Å². The van der Waals surface area contributed by atoms with Gasteiger partial charge in [-0.25, -0.2) is 8.42 Å². The lowest BCUT2D eigenvalue weighted by Gasteiger charge is -2.15. The van der Waals surface area contributed by atoms with Crippen molar-refractivity contribution in [1.29, 1.82) is 0 Å². The maximum absolute atomic E-state index is 11.6. The molecule has 1 amide bonds. The molecule has 0 aromatic rings. The lowest BCUT2D eigenvalue weighted by atomic mass is 10.2. The van der Waals surface area contributed by atoms with Crippen molar-refractivity contribution in [3.8, 4) is 0 Å². The van der Waals surface area contributed by atoms with Crippen molar-refractivity contribution >= 4 is 15.7 Å². The number of nitrogens with one attached hydrogen (secondary N) is 1. The van der Waals surface area contributed by atoms with Crippen LogP contribution in [-0.4, -0.2) is 63.5 Å². The number of nitrogens with two attached hydrogens (primary N) is 1. The summed E-state index contributed by atoms with van der Waals surface area (Å²) in [6.45, 7) is 3.91. The predicted octanol–water partition coefficient (Wildman–Crippen LogP) is -0.649. The molecule has 0 aliphatic carbocycles. The molecule has 1 rings (SSSR count). The molecule has 3 N–H and O–H groups in total. The lowest BCUT2D eigenvalue weighted by molar-refractivity contribution is -0.122. The van der Waals surface area contributed by atoms with Gasteiger partial charge >= 0.3 is 0 Å².